The zero-order chi connectivity index (χ0) is 31.8. The summed E-state index contributed by atoms with van der Waals surface area (Å²) in [5.74, 6) is -0.407. The quantitative estimate of drug-likeness (QED) is 0.246. The molecule has 4 aliphatic heterocycles. The molecule has 23 heteroatoms. The van der Waals surface area contributed by atoms with Crippen molar-refractivity contribution in [2.24, 2.45) is 10.7 Å². The zero-order valence-corrected chi connectivity index (χ0v) is 24.8. The number of carbonyl (C=O) groups excluding carboxylic acids is 1. The lowest BCUT2D eigenvalue weighted by molar-refractivity contribution is -0.0568. The number of nitrogens with two attached hydrogens (primary N) is 2. The van der Waals surface area contributed by atoms with Crippen LogP contribution in [0.1, 0.15) is 29.4 Å². The van der Waals surface area contributed by atoms with E-state index in [9.17, 15) is 14.3 Å². The topological polar surface area (TPSA) is 223 Å². The molecule has 3 aromatic rings. The van der Waals surface area contributed by atoms with Gasteiger partial charge in [-0.3, -0.25) is 18.5 Å². The van der Waals surface area contributed by atoms with Gasteiger partial charge in [0.25, 0.3) is 0 Å². The summed E-state index contributed by atoms with van der Waals surface area (Å²) in [6.45, 7) is -5.34. The molecule has 3 saturated heterocycles. The predicted molar refractivity (Wildman–Crippen MR) is 158 cm³/mol. The van der Waals surface area contributed by atoms with E-state index in [1.165, 1.54) is 34.1 Å². The van der Waals surface area contributed by atoms with E-state index < -0.39 is 90.0 Å². The Balaban J connectivity index is 1.16. The number of fused-ring (bicyclic) bond motifs is 4. The fraction of sp³-hybridized carbons (Fsp3) is 0.500. The Labute approximate surface area is 258 Å². The normalized spacial score (nSPS) is 39.0. The Morgan fingerprint density at radius 2 is 1.64 bits per heavy atom. The van der Waals surface area contributed by atoms with Crippen LogP contribution in [-0.4, -0.2) is 98.1 Å². The second-order valence-corrected chi connectivity index (χ2v) is 13.9. The van der Waals surface area contributed by atoms with Crippen LogP contribution < -0.4 is 11.5 Å². The second-order valence-electron chi connectivity index (χ2n) is 10.2. The van der Waals surface area contributed by atoms with Crippen molar-refractivity contribution in [2.45, 2.75) is 55.6 Å². The first kappa shape index (κ1) is 30.9. The van der Waals surface area contributed by atoms with E-state index in [2.05, 4.69) is 19.9 Å². The van der Waals surface area contributed by atoms with E-state index in [1.54, 1.807) is 0 Å². The number of aromatic nitrogens is 5. The predicted octanol–water partition coefficient (Wildman–Crippen LogP) is 0.464. The van der Waals surface area contributed by atoms with Gasteiger partial charge in [-0.2, -0.15) is 0 Å². The fourth-order valence-electron chi connectivity index (χ4n) is 5.38. The first-order valence-electron chi connectivity index (χ1n) is 13.0. The molecule has 0 aliphatic carbocycles. The third-order valence-corrected chi connectivity index (χ3v) is 9.74. The Kier molecular flexibility index (Phi) is 7.71. The highest BCUT2D eigenvalue weighted by Gasteiger charge is 2.53. The van der Waals surface area contributed by atoms with Crippen LogP contribution in [0.4, 0.5) is 20.3 Å². The lowest BCUT2D eigenvalue weighted by atomic mass is 10.1. The molecule has 242 valence electrons. The number of nitrogens with zero attached hydrogens (tertiary/aromatic N) is 6. The highest BCUT2D eigenvalue weighted by atomic mass is 32.5. The van der Waals surface area contributed by atoms with Crippen molar-refractivity contribution >= 4 is 67.9 Å². The van der Waals surface area contributed by atoms with Gasteiger partial charge in [-0.25, -0.2) is 28.7 Å². The minimum Gasteiger partial charge on any atom is -0.397 e. The standard InChI is InChI=1S/C22H26BF2N8O9P2S/c23-43(35)37-4-10-18(14(25)21(39-10)32-6-29-15-8(26)1-2-28-19(15)32)42-44(36,45)38-5-11-17(41-43)13(24)22(40-11)33-7-30-16-9(34)3-12(27)31-20(16)33/h1-2,6-7,10-11,13-14,17-18,21-22H,3-5H2,23H3,(H2,26,28)(H2,27,31)(H,36,45)/q-1/t10?,11-,13-,14-,17-,18-,21-,22-,43-,44?/m1/s1. The molecule has 0 amide bonds. The highest BCUT2D eigenvalue weighted by molar-refractivity contribution is 8.07. The molecule has 0 spiro atoms. The van der Waals surface area contributed by atoms with Crippen molar-refractivity contribution in [1.82, 2.24) is 24.1 Å². The fourth-order valence-corrected chi connectivity index (χ4v) is 7.60. The molecule has 0 saturated carbocycles. The molecule has 4 aliphatic rings. The summed E-state index contributed by atoms with van der Waals surface area (Å²) in [5.41, 5.74) is 12.6. The number of pyridine rings is 1. The summed E-state index contributed by atoms with van der Waals surface area (Å²) in [6, 6.07) is 1.54. The third kappa shape index (κ3) is 5.54. The minimum absolute atomic E-state index is 0.0110. The maximum absolute atomic E-state index is 16.1. The number of carbonyl (C=O) groups is 1. The maximum atomic E-state index is 16.1. The molecule has 0 bridgehead atoms. The number of imidazole rings is 2. The van der Waals surface area contributed by atoms with Crippen LogP contribution in [-0.2, 0) is 43.9 Å². The molecule has 7 rings (SSSR count). The van der Waals surface area contributed by atoms with E-state index >= 15 is 8.78 Å². The SMILES string of the molecule is [BH3-][P@@]1(=O)OCC2O[C@@H](n3cnc4c(N)ccnc43)[C@H](F)[C@@H]2OP(O)(=S)OC[C@H]2O[C@@H](n3cnc4c3N=C(N)CC4=O)[C@H](F)[C@@H]2O1. The van der Waals surface area contributed by atoms with Gasteiger partial charge in [-0.15, -0.1) is 0 Å². The number of nitrogen functional groups attached to an aromatic ring is 1. The molecule has 17 nitrogen and oxygen atoms in total. The summed E-state index contributed by atoms with van der Waals surface area (Å²) >= 11 is 5.18. The van der Waals surface area contributed by atoms with E-state index in [0.29, 0.717) is 11.2 Å². The van der Waals surface area contributed by atoms with E-state index in [1.807, 2.05) is 0 Å². The number of ether oxygens (including phenoxy) is 2. The molecule has 2 unspecified atom stereocenters. The number of anilines is 1. The molecule has 7 heterocycles. The van der Waals surface area contributed by atoms with E-state index in [4.69, 9.17) is 50.8 Å². The van der Waals surface area contributed by atoms with Crippen LogP contribution in [0.15, 0.2) is 29.9 Å². The number of rotatable bonds is 2. The van der Waals surface area contributed by atoms with Crippen LogP contribution in [0.25, 0.3) is 11.2 Å². The molecule has 0 radical (unpaired) electrons. The van der Waals surface area contributed by atoms with Crippen LogP contribution in [0.5, 0.6) is 0 Å². The minimum atomic E-state index is -4.24. The lowest BCUT2D eigenvalue weighted by Crippen LogP contribution is -2.37. The van der Waals surface area contributed by atoms with Crippen molar-refractivity contribution in [3.05, 3.63) is 30.6 Å². The summed E-state index contributed by atoms with van der Waals surface area (Å²) in [4.78, 5) is 39.9. The molecular formula is C22H26BF2N8O9P2S-. The van der Waals surface area contributed by atoms with Gasteiger partial charge in [0.2, 0.25) is 0 Å². The molecule has 45 heavy (non-hydrogen) atoms. The van der Waals surface area contributed by atoms with Gasteiger partial charge in [-0.1, -0.05) is 0 Å². The number of aliphatic imine (C=N–C) groups is 1. The lowest BCUT2D eigenvalue weighted by Gasteiger charge is -2.31. The Morgan fingerprint density at radius 3 is 2.38 bits per heavy atom. The molecule has 0 aromatic carbocycles. The first-order chi connectivity index (χ1) is 21.3. The molecule has 10 atom stereocenters. The van der Waals surface area contributed by atoms with Gasteiger partial charge in [0.15, 0.2) is 47.7 Å². The summed E-state index contributed by atoms with van der Waals surface area (Å²) in [7, 11) is -5.12. The van der Waals surface area contributed by atoms with Gasteiger partial charge in [0.05, 0.1) is 45.5 Å². The number of hydrogen-bond acceptors (Lipinski definition) is 15. The van der Waals surface area contributed by atoms with Gasteiger partial charge >= 0.3 is 6.72 Å². The smallest absolute Gasteiger partial charge is 0.325 e. The Bertz CT molecular complexity index is 1820. The molecule has 3 fully saturated rings. The Morgan fingerprint density at radius 1 is 1.00 bits per heavy atom. The van der Waals surface area contributed by atoms with E-state index in [0.717, 1.165) is 0 Å². The second kappa shape index (κ2) is 11.2. The van der Waals surface area contributed by atoms with E-state index in [-0.39, 0.29) is 29.4 Å². The van der Waals surface area contributed by atoms with Crippen molar-refractivity contribution in [2.75, 3.05) is 18.9 Å². The number of ketones is 1. The van der Waals surface area contributed by atoms with Crippen molar-refractivity contribution in [3.8, 4) is 0 Å². The average Bonchev–Trinajstić information content (AvgIpc) is 3.72. The molecule has 3 aromatic heterocycles. The Hall–Kier alpha value is -2.71. The largest absolute Gasteiger partial charge is 0.397 e. The van der Waals surface area contributed by atoms with Crippen LogP contribution in [0.2, 0.25) is 0 Å². The van der Waals surface area contributed by atoms with Gasteiger partial charge < -0.3 is 44.0 Å². The first-order valence-corrected chi connectivity index (χ1v) is 16.7. The average molecular weight is 689 g/mol. The number of amidine groups is 1. The molecular weight excluding hydrogens is 663 g/mol. The van der Waals surface area contributed by atoms with Crippen molar-refractivity contribution in [1.29, 1.82) is 0 Å². The summed E-state index contributed by atoms with van der Waals surface area (Å²) in [5, 5.41) is 0. The van der Waals surface area contributed by atoms with Crippen molar-refractivity contribution in [3.63, 3.8) is 0 Å². The van der Waals surface area contributed by atoms with Gasteiger partial charge in [-0.05, 0) is 17.9 Å². The number of Topliss-reactive ketones (excluding diaryl/α,β-unsaturated/α-hetero) is 1. The number of hydrogen-bond donors (Lipinski definition) is 3. The monoisotopic (exact) mass is 689 g/mol. The van der Waals surface area contributed by atoms with Crippen LogP contribution in [0, 0.1) is 0 Å². The van der Waals surface area contributed by atoms with Gasteiger partial charge in [0, 0.05) is 6.20 Å². The highest BCUT2D eigenvalue weighted by Crippen LogP contribution is 2.54. The van der Waals surface area contributed by atoms with Crippen LogP contribution >= 0.6 is 14.2 Å². The third-order valence-electron chi connectivity index (χ3n) is 7.41. The zero-order valence-electron chi connectivity index (χ0n) is 22.2. The number of alkyl halides is 2. The molecule has 5 N–H and O–H groups in total. The summed E-state index contributed by atoms with van der Waals surface area (Å²) in [6.07, 6.45) is -8.64. The summed E-state index contributed by atoms with van der Waals surface area (Å²) < 4.78 is 82.5. The maximum Gasteiger partial charge on any atom is 0.325 e. The van der Waals surface area contributed by atoms with Crippen LogP contribution in [0.3, 0.4) is 0 Å². The number of halogens is 2. The van der Waals surface area contributed by atoms with Gasteiger partial charge in [0.1, 0.15) is 43.2 Å². The van der Waals surface area contributed by atoms with Crippen molar-refractivity contribution < 1.29 is 50.6 Å².